The summed E-state index contributed by atoms with van der Waals surface area (Å²) >= 11 is 0. The molecule has 0 amide bonds. The number of methoxy groups -OCH3 is 1. The molecule has 6 heteroatoms. The Labute approximate surface area is 111 Å². The van der Waals surface area contributed by atoms with Crippen molar-refractivity contribution in [1.29, 1.82) is 0 Å². The van der Waals surface area contributed by atoms with E-state index in [0.29, 0.717) is 6.54 Å². The smallest absolute Gasteiger partial charge is 0.310 e. The van der Waals surface area contributed by atoms with E-state index < -0.39 is 0 Å². The summed E-state index contributed by atoms with van der Waals surface area (Å²) < 4.78 is 6.77. The van der Waals surface area contributed by atoms with E-state index in [1.165, 1.54) is 7.11 Å². The maximum absolute atomic E-state index is 11.6. The molecule has 0 radical (unpaired) electrons. The maximum Gasteiger partial charge on any atom is 0.310 e. The molecule has 1 aliphatic rings. The van der Waals surface area contributed by atoms with Gasteiger partial charge in [-0.2, -0.15) is 0 Å². The normalized spacial score (nSPS) is 19.1. The van der Waals surface area contributed by atoms with Crippen molar-refractivity contribution >= 4 is 22.8 Å². The second-order valence-corrected chi connectivity index (χ2v) is 4.81. The van der Waals surface area contributed by atoms with Crippen LogP contribution < -0.4 is 4.90 Å². The van der Waals surface area contributed by atoms with Crippen molar-refractivity contribution in [2.45, 2.75) is 6.42 Å². The Morgan fingerprint density at radius 2 is 2.32 bits per heavy atom. The van der Waals surface area contributed by atoms with Crippen LogP contribution in [0.15, 0.2) is 18.6 Å². The summed E-state index contributed by atoms with van der Waals surface area (Å²) in [4.78, 5) is 22.5. The number of anilines is 1. The molecular formula is C13H16N4O2. The van der Waals surface area contributed by atoms with Crippen LogP contribution in [-0.4, -0.2) is 40.7 Å². The van der Waals surface area contributed by atoms with E-state index in [4.69, 9.17) is 4.74 Å². The van der Waals surface area contributed by atoms with Gasteiger partial charge in [-0.1, -0.05) is 0 Å². The first-order valence-corrected chi connectivity index (χ1v) is 6.29. The first-order valence-electron chi connectivity index (χ1n) is 6.29. The average Bonchev–Trinajstić information content (AvgIpc) is 3.05. The molecule has 1 fully saturated rings. The number of pyridine rings is 1. The molecule has 0 aliphatic carbocycles. The number of carbonyl (C=O) groups excluding carboxylic acids is 1. The lowest BCUT2D eigenvalue weighted by atomic mass is 10.1. The second-order valence-electron chi connectivity index (χ2n) is 4.81. The first kappa shape index (κ1) is 12.0. The van der Waals surface area contributed by atoms with E-state index in [0.717, 1.165) is 29.8 Å². The molecule has 1 aliphatic heterocycles. The van der Waals surface area contributed by atoms with E-state index >= 15 is 0 Å². The van der Waals surface area contributed by atoms with Crippen LogP contribution in [0.1, 0.15) is 6.42 Å². The Morgan fingerprint density at radius 1 is 1.47 bits per heavy atom. The standard InChI is InChI=1S/C13H16N4O2/c1-16-8-15-11-10(16)3-5-14-12(11)17-6-4-9(7-17)13(18)19-2/h3,5,8-9H,4,6-7H2,1-2H3. The van der Waals surface area contributed by atoms with Gasteiger partial charge in [0.2, 0.25) is 0 Å². The number of ether oxygens (including phenoxy) is 1. The topological polar surface area (TPSA) is 60.2 Å². The number of imidazole rings is 1. The molecule has 1 atom stereocenters. The number of fused-ring (bicyclic) bond motifs is 1. The number of esters is 1. The van der Waals surface area contributed by atoms with E-state index in [9.17, 15) is 4.79 Å². The van der Waals surface area contributed by atoms with E-state index in [1.807, 2.05) is 17.7 Å². The van der Waals surface area contributed by atoms with Crippen molar-refractivity contribution in [2.24, 2.45) is 13.0 Å². The molecular weight excluding hydrogens is 244 g/mol. The van der Waals surface area contributed by atoms with Gasteiger partial charge < -0.3 is 14.2 Å². The van der Waals surface area contributed by atoms with Crippen LogP contribution in [0, 0.1) is 5.92 Å². The summed E-state index contributed by atoms with van der Waals surface area (Å²) in [6.07, 6.45) is 4.37. The first-order chi connectivity index (χ1) is 9.20. The van der Waals surface area contributed by atoms with Gasteiger partial charge in [0, 0.05) is 26.3 Å². The molecule has 100 valence electrons. The quantitative estimate of drug-likeness (QED) is 0.753. The number of hydrogen-bond acceptors (Lipinski definition) is 5. The molecule has 2 aromatic heterocycles. The molecule has 0 bridgehead atoms. The zero-order valence-electron chi connectivity index (χ0n) is 11.0. The molecule has 1 saturated heterocycles. The number of rotatable bonds is 2. The van der Waals surface area contributed by atoms with Crippen molar-refractivity contribution < 1.29 is 9.53 Å². The molecule has 3 heterocycles. The largest absolute Gasteiger partial charge is 0.469 e. The third kappa shape index (κ3) is 1.93. The molecule has 2 aromatic rings. The Bertz CT molecular complexity index is 622. The summed E-state index contributed by atoms with van der Waals surface area (Å²) in [5.41, 5.74) is 1.93. The van der Waals surface area contributed by atoms with Gasteiger partial charge in [0.05, 0.1) is 24.9 Å². The minimum absolute atomic E-state index is 0.0641. The number of aryl methyl sites for hydroxylation is 1. The van der Waals surface area contributed by atoms with Gasteiger partial charge in [-0.15, -0.1) is 0 Å². The Kier molecular flexibility index (Phi) is 2.85. The number of hydrogen-bond donors (Lipinski definition) is 0. The Balaban J connectivity index is 1.92. The van der Waals surface area contributed by atoms with Crippen molar-refractivity contribution in [1.82, 2.24) is 14.5 Å². The molecule has 1 unspecified atom stereocenters. The highest BCUT2D eigenvalue weighted by molar-refractivity contribution is 5.87. The van der Waals surface area contributed by atoms with Crippen LogP contribution in [0.5, 0.6) is 0 Å². The van der Waals surface area contributed by atoms with Crippen LogP contribution in [0.25, 0.3) is 11.0 Å². The van der Waals surface area contributed by atoms with Crippen molar-refractivity contribution in [3.8, 4) is 0 Å². The Hall–Kier alpha value is -2.11. The van der Waals surface area contributed by atoms with Crippen LogP contribution >= 0.6 is 0 Å². The molecule has 3 rings (SSSR count). The second kappa shape index (κ2) is 4.53. The monoisotopic (exact) mass is 260 g/mol. The number of carbonyl (C=O) groups is 1. The number of aromatic nitrogens is 3. The van der Waals surface area contributed by atoms with Crippen molar-refractivity contribution in [2.75, 3.05) is 25.1 Å². The third-order valence-electron chi connectivity index (χ3n) is 3.65. The van der Waals surface area contributed by atoms with Crippen LogP contribution in [-0.2, 0) is 16.6 Å². The molecule has 0 aromatic carbocycles. The summed E-state index contributed by atoms with van der Waals surface area (Å²) in [5.74, 6) is 0.644. The minimum Gasteiger partial charge on any atom is -0.469 e. The maximum atomic E-state index is 11.6. The summed E-state index contributed by atoms with van der Waals surface area (Å²) in [7, 11) is 3.39. The minimum atomic E-state index is -0.143. The SMILES string of the molecule is COC(=O)C1CCN(c2nccc3c2ncn3C)C1. The van der Waals surface area contributed by atoms with Crippen LogP contribution in [0.3, 0.4) is 0 Å². The third-order valence-corrected chi connectivity index (χ3v) is 3.65. The fourth-order valence-electron chi connectivity index (χ4n) is 2.59. The highest BCUT2D eigenvalue weighted by Gasteiger charge is 2.30. The van der Waals surface area contributed by atoms with Crippen LogP contribution in [0.4, 0.5) is 5.82 Å². The van der Waals surface area contributed by atoms with Gasteiger partial charge >= 0.3 is 5.97 Å². The van der Waals surface area contributed by atoms with Gasteiger partial charge in [0.25, 0.3) is 0 Å². The zero-order valence-corrected chi connectivity index (χ0v) is 11.0. The molecule has 0 spiro atoms. The predicted octanol–water partition coefficient (Wildman–Crippen LogP) is 0.968. The zero-order chi connectivity index (χ0) is 13.4. The van der Waals surface area contributed by atoms with Gasteiger partial charge in [0.1, 0.15) is 5.52 Å². The summed E-state index contributed by atoms with van der Waals surface area (Å²) in [5, 5.41) is 0. The lowest BCUT2D eigenvalue weighted by molar-refractivity contribution is -0.144. The molecule has 19 heavy (non-hydrogen) atoms. The van der Waals surface area contributed by atoms with Crippen molar-refractivity contribution in [3.63, 3.8) is 0 Å². The average molecular weight is 260 g/mol. The molecule has 6 nitrogen and oxygen atoms in total. The van der Waals surface area contributed by atoms with Gasteiger partial charge in [-0.25, -0.2) is 9.97 Å². The van der Waals surface area contributed by atoms with E-state index in [2.05, 4.69) is 14.9 Å². The summed E-state index contributed by atoms with van der Waals surface area (Å²) in [6.45, 7) is 1.46. The fourth-order valence-corrected chi connectivity index (χ4v) is 2.59. The highest BCUT2D eigenvalue weighted by Crippen LogP contribution is 2.28. The highest BCUT2D eigenvalue weighted by atomic mass is 16.5. The lowest BCUT2D eigenvalue weighted by Crippen LogP contribution is -2.24. The molecule has 0 N–H and O–H groups in total. The fraction of sp³-hybridized carbons (Fsp3) is 0.462. The van der Waals surface area contributed by atoms with Gasteiger partial charge in [-0.3, -0.25) is 4.79 Å². The van der Waals surface area contributed by atoms with Gasteiger partial charge in [-0.05, 0) is 12.5 Å². The Morgan fingerprint density at radius 3 is 3.11 bits per heavy atom. The lowest BCUT2D eigenvalue weighted by Gasteiger charge is -2.17. The van der Waals surface area contributed by atoms with E-state index in [1.54, 1.807) is 12.5 Å². The van der Waals surface area contributed by atoms with E-state index in [-0.39, 0.29) is 11.9 Å². The molecule has 0 saturated carbocycles. The predicted molar refractivity (Wildman–Crippen MR) is 70.8 cm³/mol. The number of nitrogens with zero attached hydrogens (tertiary/aromatic N) is 4. The van der Waals surface area contributed by atoms with Gasteiger partial charge in [0.15, 0.2) is 5.82 Å². The van der Waals surface area contributed by atoms with Crippen LogP contribution in [0.2, 0.25) is 0 Å². The summed E-state index contributed by atoms with van der Waals surface area (Å²) in [6, 6.07) is 1.94. The van der Waals surface area contributed by atoms with Crippen molar-refractivity contribution in [3.05, 3.63) is 18.6 Å².